The Labute approximate surface area is 103 Å². The van der Waals surface area contributed by atoms with Gasteiger partial charge in [-0.1, -0.05) is 12.8 Å². The highest BCUT2D eigenvalue weighted by Crippen LogP contribution is 2.36. The van der Waals surface area contributed by atoms with Gasteiger partial charge < -0.3 is 5.11 Å². The van der Waals surface area contributed by atoms with Gasteiger partial charge in [-0.15, -0.1) is 11.3 Å². The molecule has 1 N–H and O–H groups in total. The minimum Gasteiger partial charge on any atom is -0.477 e. The number of fused-ring (bicyclic) bond motifs is 1. The predicted molar refractivity (Wildman–Crippen MR) is 66.8 cm³/mol. The van der Waals surface area contributed by atoms with E-state index in [0.29, 0.717) is 10.9 Å². The summed E-state index contributed by atoms with van der Waals surface area (Å²) in [5.41, 5.74) is 0.940. The number of thiophene rings is 1. The molecule has 90 valence electrons. The van der Waals surface area contributed by atoms with Gasteiger partial charge in [0, 0.05) is 5.39 Å². The molecule has 0 aliphatic heterocycles. The molecule has 2 heterocycles. The number of hydrogen-bond acceptors (Lipinski definition) is 3. The number of aromatic nitrogens is 2. The molecular weight excluding hydrogens is 236 g/mol. The Balaban J connectivity index is 2.14. The second-order valence-electron chi connectivity index (χ2n) is 4.60. The van der Waals surface area contributed by atoms with Crippen molar-refractivity contribution in [3.63, 3.8) is 0 Å². The lowest BCUT2D eigenvalue weighted by Crippen LogP contribution is -2.05. The van der Waals surface area contributed by atoms with Gasteiger partial charge in [0.25, 0.3) is 0 Å². The molecule has 17 heavy (non-hydrogen) atoms. The fraction of sp³-hybridized carbons (Fsp3) is 0.500. The number of rotatable bonds is 2. The molecule has 5 heteroatoms. The minimum atomic E-state index is -0.844. The van der Waals surface area contributed by atoms with Crippen LogP contribution in [0, 0.1) is 6.92 Å². The van der Waals surface area contributed by atoms with Crippen molar-refractivity contribution in [3.8, 4) is 0 Å². The lowest BCUT2D eigenvalue weighted by molar-refractivity contribution is 0.0702. The SMILES string of the molecule is Cc1nn(C2CCCC2)c2sc(C(=O)O)cc12. The number of aromatic carboxylic acids is 1. The number of hydrogen-bond donors (Lipinski definition) is 1. The molecule has 1 fully saturated rings. The van der Waals surface area contributed by atoms with Crippen LogP contribution < -0.4 is 0 Å². The molecule has 1 aliphatic rings. The van der Waals surface area contributed by atoms with Crippen LogP contribution in [-0.4, -0.2) is 20.9 Å². The molecule has 0 radical (unpaired) electrons. The molecule has 0 aromatic carbocycles. The maximum absolute atomic E-state index is 11.0. The first-order chi connectivity index (χ1) is 8.16. The van der Waals surface area contributed by atoms with Crippen LogP contribution >= 0.6 is 11.3 Å². The van der Waals surface area contributed by atoms with Gasteiger partial charge in [-0.2, -0.15) is 5.10 Å². The summed E-state index contributed by atoms with van der Waals surface area (Å²) in [6, 6.07) is 2.21. The zero-order valence-electron chi connectivity index (χ0n) is 9.64. The quantitative estimate of drug-likeness (QED) is 0.890. The van der Waals surface area contributed by atoms with Gasteiger partial charge in [0.15, 0.2) is 0 Å². The monoisotopic (exact) mass is 250 g/mol. The van der Waals surface area contributed by atoms with E-state index in [4.69, 9.17) is 5.11 Å². The van der Waals surface area contributed by atoms with E-state index < -0.39 is 5.97 Å². The van der Waals surface area contributed by atoms with Crippen LogP contribution in [0.25, 0.3) is 10.2 Å². The maximum Gasteiger partial charge on any atom is 0.345 e. The van der Waals surface area contributed by atoms with E-state index in [2.05, 4.69) is 9.78 Å². The van der Waals surface area contributed by atoms with Gasteiger partial charge in [-0.05, 0) is 25.8 Å². The fourth-order valence-electron chi connectivity index (χ4n) is 2.57. The first-order valence-electron chi connectivity index (χ1n) is 5.89. The Morgan fingerprint density at radius 2 is 2.24 bits per heavy atom. The lowest BCUT2D eigenvalue weighted by atomic mass is 10.2. The van der Waals surface area contributed by atoms with Crippen LogP contribution in [0.5, 0.6) is 0 Å². The van der Waals surface area contributed by atoms with E-state index in [1.165, 1.54) is 24.2 Å². The number of carbonyl (C=O) groups is 1. The van der Waals surface area contributed by atoms with Crippen molar-refractivity contribution in [2.24, 2.45) is 0 Å². The second-order valence-corrected chi connectivity index (χ2v) is 5.63. The number of carboxylic acids is 1. The third-order valence-corrected chi connectivity index (χ3v) is 4.56. The molecule has 1 aliphatic carbocycles. The van der Waals surface area contributed by atoms with E-state index in [0.717, 1.165) is 28.8 Å². The summed E-state index contributed by atoms with van der Waals surface area (Å²) in [7, 11) is 0. The summed E-state index contributed by atoms with van der Waals surface area (Å²) in [4.78, 5) is 12.4. The number of carboxylic acid groups (broad SMARTS) is 1. The first kappa shape index (κ1) is 10.8. The van der Waals surface area contributed by atoms with E-state index in [1.807, 2.05) is 6.92 Å². The zero-order chi connectivity index (χ0) is 12.0. The summed E-state index contributed by atoms with van der Waals surface area (Å²) >= 11 is 1.34. The Morgan fingerprint density at radius 1 is 1.53 bits per heavy atom. The molecule has 0 amide bonds. The molecule has 1 saturated carbocycles. The summed E-state index contributed by atoms with van der Waals surface area (Å²) in [6.45, 7) is 1.95. The van der Waals surface area contributed by atoms with Crippen LogP contribution in [0.1, 0.15) is 47.1 Å². The van der Waals surface area contributed by atoms with Gasteiger partial charge in [-0.25, -0.2) is 4.79 Å². The van der Waals surface area contributed by atoms with Gasteiger partial charge in [0.2, 0.25) is 0 Å². The molecule has 0 atom stereocenters. The molecule has 2 aromatic heterocycles. The lowest BCUT2D eigenvalue weighted by Gasteiger charge is -2.09. The zero-order valence-corrected chi connectivity index (χ0v) is 10.5. The van der Waals surface area contributed by atoms with E-state index in [9.17, 15) is 4.79 Å². The van der Waals surface area contributed by atoms with Crippen molar-refractivity contribution in [1.82, 2.24) is 9.78 Å². The maximum atomic E-state index is 11.0. The highest BCUT2D eigenvalue weighted by atomic mass is 32.1. The van der Waals surface area contributed by atoms with Crippen molar-refractivity contribution in [3.05, 3.63) is 16.6 Å². The smallest absolute Gasteiger partial charge is 0.345 e. The summed E-state index contributed by atoms with van der Waals surface area (Å²) in [5, 5.41) is 14.6. The Kier molecular flexibility index (Phi) is 2.43. The van der Waals surface area contributed by atoms with Crippen molar-refractivity contribution in [2.75, 3.05) is 0 Å². The van der Waals surface area contributed by atoms with Crippen LogP contribution in [0.4, 0.5) is 0 Å². The number of nitrogens with zero attached hydrogens (tertiary/aromatic N) is 2. The molecular formula is C12H14N2O2S. The topological polar surface area (TPSA) is 55.1 Å². The summed E-state index contributed by atoms with van der Waals surface area (Å²) < 4.78 is 2.05. The van der Waals surface area contributed by atoms with Crippen LogP contribution in [-0.2, 0) is 0 Å². The first-order valence-corrected chi connectivity index (χ1v) is 6.70. The van der Waals surface area contributed by atoms with Gasteiger partial charge >= 0.3 is 5.97 Å². The largest absolute Gasteiger partial charge is 0.477 e. The normalized spacial score (nSPS) is 17.0. The Morgan fingerprint density at radius 3 is 2.88 bits per heavy atom. The molecule has 0 bridgehead atoms. The predicted octanol–water partition coefficient (Wildman–Crippen LogP) is 3.22. The van der Waals surface area contributed by atoms with Crippen molar-refractivity contribution < 1.29 is 9.90 Å². The van der Waals surface area contributed by atoms with Gasteiger partial charge in [0.05, 0.1) is 11.7 Å². The van der Waals surface area contributed by atoms with Crippen LogP contribution in [0.2, 0.25) is 0 Å². The van der Waals surface area contributed by atoms with Crippen LogP contribution in [0.15, 0.2) is 6.07 Å². The molecule has 0 saturated heterocycles. The third kappa shape index (κ3) is 1.65. The fourth-order valence-corrected chi connectivity index (χ4v) is 3.65. The van der Waals surface area contributed by atoms with Gasteiger partial charge in [0.1, 0.15) is 9.71 Å². The average Bonchev–Trinajstić information content (AvgIpc) is 2.96. The van der Waals surface area contributed by atoms with E-state index >= 15 is 0 Å². The molecule has 0 unspecified atom stereocenters. The second kappa shape index (κ2) is 3.84. The Hall–Kier alpha value is -1.36. The van der Waals surface area contributed by atoms with Gasteiger partial charge in [-0.3, -0.25) is 4.68 Å². The highest BCUT2D eigenvalue weighted by Gasteiger charge is 2.23. The molecule has 2 aromatic rings. The van der Waals surface area contributed by atoms with Crippen molar-refractivity contribution in [1.29, 1.82) is 0 Å². The summed E-state index contributed by atoms with van der Waals surface area (Å²) in [6.07, 6.45) is 4.83. The van der Waals surface area contributed by atoms with Crippen molar-refractivity contribution >= 4 is 27.5 Å². The van der Waals surface area contributed by atoms with Crippen molar-refractivity contribution in [2.45, 2.75) is 38.6 Å². The van der Waals surface area contributed by atoms with Crippen LogP contribution in [0.3, 0.4) is 0 Å². The van der Waals surface area contributed by atoms with E-state index in [-0.39, 0.29) is 0 Å². The molecule has 0 spiro atoms. The average molecular weight is 250 g/mol. The minimum absolute atomic E-state index is 0.409. The standard InChI is InChI=1S/C12H14N2O2S/c1-7-9-6-10(12(15)16)17-11(9)14(13-7)8-4-2-3-5-8/h6,8H,2-5H2,1H3,(H,15,16). The molecule has 4 nitrogen and oxygen atoms in total. The third-order valence-electron chi connectivity index (χ3n) is 3.45. The van der Waals surface area contributed by atoms with E-state index in [1.54, 1.807) is 6.07 Å². The summed E-state index contributed by atoms with van der Waals surface area (Å²) in [5.74, 6) is -0.844. The Bertz CT molecular complexity index is 579. The highest BCUT2D eigenvalue weighted by molar-refractivity contribution is 7.20. The molecule has 3 rings (SSSR count). The number of aryl methyl sites for hydroxylation is 1.